The predicted molar refractivity (Wildman–Crippen MR) is 92.8 cm³/mol. The Morgan fingerprint density at radius 1 is 0.913 bits per heavy atom. The van der Waals surface area contributed by atoms with Gasteiger partial charge < -0.3 is 10.6 Å². The van der Waals surface area contributed by atoms with Crippen LogP contribution in [0.25, 0.3) is 0 Å². The number of carbonyl (C=O) groups is 2. The summed E-state index contributed by atoms with van der Waals surface area (Å²) < 4.78 is 0. The first-order valence-electron chi connectivity index (χ1n) is 8.81. The molecule has 0 aromatic rings. The van der Waals surface area contributed by atoms with Gasteiger partial charge in [-0.15, -0.1) is 0 Å². The van der Waals surface area contributed by atoms with Crippen molar-refractivity contribution in [1.29, 1.82) is 0 Å². The van der Waals surface area contributed by atoms with Crippen LogP contribution in [0, 0.1) is 17.3 Å². The summed E-state index contributed by atoms with van der Waals surface area (Å²) >= 11 is 0. The van der Waals surface area contributed by atoms with Gasteiger partial charge in [-0.3, -0.25) is 9.59 Å². The second-order valence-corrected chi connectivity index (χ2v) is 7.66. The van der Waals surface area contributed by atoms with E-state index in [1.165, 1.54) is 0 Å². The highest BCUT2D eigenvalue weighted by Crippen LogP contribution is 2.21. The van der Waals surface area contributed by atoms with Crippen LogP contribution in [0.2, 0.25) is 0 Å². The lowest BCUT2D eigenvalue weighted by Crippen LogP contribution is -2.42. The summed E-state index contributed by atoms with van der Waals surface area (Å²) in [4.78, 5) is 23.9. The molecule has 0 aromatic heterocycles. The van der Waals surface area contributed by atoms with Crippen LogP contribution in [0.5, 0.6) is 0 Å². The molecule has 0 heterocycles. The average molecular weight is 318 g/mol. The summed E-state index contributed by atoms with van der Waals surface area (Å²) in [5, 5.41) is 6.02. The SMILES string of the molecule is CC(C)(CNC(=O)CC1C=CCC1)CNC(=O)CC1C=CCC1. The first-order valence-corrected chi connectivity index (χ1v) is 8.81. The molecule has 0 saturated heterocycles. The lowest BCUT2D eigenvalue weighted by Gasteiger charge is -2.26. The van der Waals surface area contributed by atoms with E-state index in [4.69, 9.17) is 0 Å². The van der Waals surface area contributed by atoms with Crippen molar-refractivity contribution in [2.24, 2.45) is 17.3 Å². The number of nitrogens with one attached hydrogen (secondary N) is 2. The van der Waals surface area contributed by atoms with Crippen LogP contribution in [0.1, 0.15) is 52.4 Å². The summed E-state index contributed by atoms with van der Waals surface area (Å²) in [5.41, 5.74) is -0.137. The molecule has 0 radical (unpaired) electrons. The molecule has 0 fully saturated rings. The van der Waals surface area contributed by atoms with Gasteiger partial charge >= 0.3 is 0 Å². The van der Waals surface area contributed by atoms with Gasteiger partial charge in [0, 0.05) is 25.9 Å². The molecular formula is C19H30N2O2. The first kappa shape index (κ1) is 17.8. The molecule has 2 atom stereocenters. The van der Waals surface area contributed by atoms with E-state index in [1.807, 2.05) is 0 Å². The van der Waals surface area contributed by atoms with Crippen LogP contribution in [-0.4, -0.2) is 24.9 Å². The van der Waals surface area contributed by atoms with E-state index in [-0.39, 0.29) is 17.2 Å². The maximum atomic E-state index is 12.0. The highest BCUT2D eigenvalue weighted by atomic mass is 16.2. The van der Waals surface area contributed by atoms with E-state index in [9.17, 15) is 9.59 Å². The fourth-order valence-electron chi connectivity index (χ4n) is 3.09. The third kappa shape index (κ3) is 6.59. The first-order chi connectivity index (χ1) is 10.9. The van der Waals surface area contributed by atoms with E-state index in [1.54, 1.807) is 0 Å². The molecule has 0 aliphatic heterocycles. The van der Waals surface area contributed by atoms with E-state index < -0.39 is 0 Å². The molecule has 2 unspecified atom stereocenters. The molecule has 2 aliphatic carbocycles. The Morgan fingerprint density at radius 2 is 1.35 bits per heavy atom. The molecule has 4 nitrogen and oxygen atoms in total. The Kier molecular flexibility index (Phi) is 6.43. The molecule has 0 aromatic carbocycles. The van der Waals surface area contributed by atoms with Gasteiger partial charge in [0.1, 0.15) is 0 Å². The molecule has 0 bridgehead atoms. The number of hydrogen-bond donors (Lipinski definition) is 2. The van der Waals surface area contributed by atoms with Crippen molar-refractivity contribution in [3.63, 3.8) is 0 Å². The number of allylic oxidation sites excluding steroid dienone is 4. The molecule has 4 heteroatoms. The molecular weight excluding hydrogens is 288 g/mol. The Labute approximate surface area is 139 Å². The molecule has 2 amide bonds. The van der Waals surface area contributed by atoms with Crippen molar-refractivity contribution < 1.29 is 9.59 Å². The highest BCUT2D eigenvalue weighted by Gasteiger charge is 2.22. The second-order valence-electron chi connectivity index (χ2n) is 7.66. The highest BCUT2D eigenvalue weighted by molar-refractivity contribution is 5.77. The zero-order chi connectivity index (χ0) is 16.7. The summed E-state index contributed by atoms with van der Waals surface area (Å²) in [6.07, 6.45) is 14.1. The van der Waals surface area contributed by atoms with E-state index in [2.05, 4.69) is 48.8 Å². The van der Waals surface area contributed by atoms with Crippen LogP contribution >= 0.6 is 0 Å². The van der Waals surface area contributed by atoms with Crippen molar-refractivity contribution >= 4 is 11.8 Å². The molecule has 128 valence electrons. The second kappa shape index (κ2) is 8.32. The van der Waals surface area contributed by atoms with Crippen LogP contribution in [0.4, 0.5) is 0 Å². The monoisotopic (exact) mass is 318 g/mol. The summed E-state index contributed by atoms with van der Waals surface area (Å²) in [5.74, 6) is 1.02. The van der Waals surface area contributed by atoms with Gasteiger partial charge in [-0.2, -0.15) is 0 Å². The Morgan fingerprint density at radius 3 is 1.70 bits per heavy atom. The van der Waals surface area contributed by atoms with Crippen molar-refractivity contribution in [2.45, 2.75) is 52.4 Å². The molecule has 2 rings (SSSR count). The van der Waals surface area contributed by atoms with E-state index >= 15 is 0 Å². The molecule has 0 saturated carbocycles. The van der Waals surface area contributed by atoms with Gasteiger partial charge in [-0.05, 0) is 42.9 Å². The van der Waals surface area contributed by atoms with Crippen molar-refractivity contribution in [1.82, 2.24) is 10.6 Å². The zero-order valence-electron chi connectivity index (χ0n) is 14.4. The van der Waals surface area contributed by atoms with Gasteiger partial charge in [0.2, 0.25) is 11.8 Å². The average Bonchev–Trinajstić information content (AvgIpc) is 3.17. The topological polar surface area (TPSA) is 58.2 Å². The molecule has 2 aliphatic rings. The fourth-order valence-corrected chi connectivity index (χ4v) is 3.09. The van der Waals surface area contributed by atoms with Crippen LogP contribution in [0.3, 0.4) is 0 Å². The minimum absolute atomic E-state index is 0.108. The molecule has 2 N–H and O–H groups in total. The summed E-state index contributed by atoms with van der Waals surface area (Å²) in [7, 11) is 0. The predicted octanol–water partition coefficient (Wildman–Crippen LogP) is 2.96. The number of amides is 2. The van der Waals surface area contributed by atoms with Gasteiger partial charge in [0.05, 0.1) is 0 Å². The van der Waals surface area contributed by atoms with Crippen molar-refractivity contribution in [2.75, 3.05) is 13.1 Å². The van der Waals surface area contributed by atoms with Crippen LogP contribution < -0.4 is 10.6 Å². The Bertz CT molecular complexity index is 438. The van der Waals surface area contributed by atoms with Crippen LogP contribution in [0.15, 0.2) is 24.3 Å². The smallest absolute Gasteiger partial charge is 0.220 e. The van der Waals surface area contributed by atoms with Gasteiger partial charge in [-0.25, -0.2) is 0 Å². The van der Waals surface area contributed by atoms with Crippen molar-refractivity contribution in [3.05, 3.63) is 24.3 Å². The Balaban J connectivity index is 1.62. The lowest BCUT2D eigenvalue weighted by atomic mass is 9.92. The maximum absolute atomic E-state index is 12.0. The fraction of sp³-hybridized carbons (Fsp3) is 0.684. The van der Waals surface area contributed by atoms with Crippen LogP contribution in [-0.2, 0) is 9.59 Å². The number of rotatable bonds is 8. The third-order valence-corrected chi connectivity index (χ3v) is 4.65. The molecule has 23 heavy (non-hydrogen) atoms. The quantitative estimate of drug-likeness (QED) is 0.676. The summed E-state index contributed by atoms with van der Waals surface area (Å²) in [6.45, 7) is 5.31. The summed E-state index contributed by atoms with van der Waals surface area (Å²) in [6, 6.07) is 0. The van der Waals surface area contributed by atoms with Gasteiger partial charge in [0.15, 0.2) is 0 Å². The lowest BCUT2D eigenvalue weighted by molar-refractivity contribution is -0.122. The van der Waals surface area contributed by atoms with Crippen molar-refractivity contribution in [3.8, 4) is 0 Å². The third-order valence-electron chi connectivity index (χ3n) is 4.65. The molecule has 0 spiro atoms. The minimum atomic E-state index is -0.137. The number of carbonyl (C=O) groups excluding carboxylic acids is 2. The Hall–Kier alpha value is -1.58. The maximum Gasteiger partial charge on any atom is 0.220 e. The minimum Gasteiger partial charge on any atom is -0.355 e. The van der Waals surface area contributed by atoms with E-state index in [0.29, 0.717) is 37.8 Å². The number of hydrogen-bond acceptors (Lipinski definition) is 2. The normalized spacial score (nSPS) is 23.2. The van der Waals surface area contributed by atoms with Gasteiger partial charge in [-0.1, -0.05) is 38.2 Å². The van der Waals surface area contributed by atoms with E-state index in [0.717, 1.165) is 25.7 Å². The standard InChI is InChI=1S/C19H30N2O2/c1-19(2,13-20-17(22)11-15-7-3-4-8-15)14-21-18(23)12-16-9-5-6-10-16/h3,5,7,9,15-16H,4,6,8,10-14H2,1-2H3,(H,20,22)(H,21,23). The zero-order valence-corrected chi connectivity index (χ0v) is 14.4. The largest absolute Gasteiger partial charge is 0.355 e. The van der Waals surface area contributed by atoms with Gasteiger partial charge in [0.25, 0.3) is 0 Å².